The Labute approximate surface area is 134 Å². The molecule has 2 N–H and O–H groups in total. The zero-order chi connectivity index (χ0) is 16.2. The summed E-state index contributed by atoms with van der Waals surface area (Å²) in [4.78, 5) is 8.96. The van der Waals surface area contributed by atoms with Crippen LogP contribution in [0.3, 0.4) is 0 Å². The Morgan fingerprint density at radius 1 is 1.17 bits per heavy atom. The molecule has 0 saturated carbocycles. The SMILES string of the molecule is COc1cc2nc(-c3cccnc3)n(CCCN)c2cc1OC. The molecule has 3 aromatic rings. The normalized spacial score (nSPS) is 10.9. The second-order valence-electron chi connectivity index (χ2n) is 5.17. The van der Waals surface area contributed by atoms with Crippen LogP contribution in [0.4, 0.5) is 0 Å². The maximum atomic E-state index is 5.69. The van der Waals surface area contributed by atoms with Crippen LogP contribution in [0.15, 0.2) is 36.7 Å². The fourth-order valence-corrected chi connectivity index (χ4v) is 2.64. The molecule has 23 heavy (non-hydrogen) atoms. The minimum atomic E-state index is 0.624. The minimum absolute atomic E-state index is 0.624. The van der Waals surface area contributed by atoms with Gasteiger partial charge in [0.05, 0.1) is 25.3 Å². The van der Waals surface area contributed by atoms with E-state index in [0.29, 0.717) is 18.0 Å². The van der Waals surface area contributed by atoms with Crippen LogP contribution in [0.5, 0.6) is 11.5 Å². The van der Waals surface area contributed by atoms with Crippen LogP contribution in [-0.4, -0.2) is 35.3 Å². The number of rotatable bonds is 6. The number of hydrogen-bond acceptors (Lipinski definition) is 5. The fourth-order valence-electron chi connectivity index (χ4n) is 2.64. The van der Waals surface area contributed by atoms with Crippen molar-refractivity contribution >= 4 is 11.0 Å². The Morgan fingerprint density at radius 2 is 1.96 bits per heavy atom. The largest absolute Gasteiger partial charge is 0.493 e. The summed E-state index contributed by atoms with van der Waals surface area (Å²) >= 11 is 0. The summed E-state index contributed by atoms with van der Waals surface area (Å²) in [7, 11) is 3.25. The van der Waals surface area contributed by atoms with Crippen molar-refractivity contribution in [2.45, 2.75) is 13.0 Å². The van der Waals surface area contributed by atoms with Crippen molar-refractivity contribution in [3.8, 4) is 22.9 Å². The van der Waals surface area contributed by atoms with E-state index in [4.69, 9.17) is 20.2 Å². The Hall–Kier alpha value is -2.60. The highest BCUT2D eigenvalue weighted by atomic mass is 16.5. The van der Waals surface area contributed by atoms with Crippen molar-refractivity contribution in [1.29, 1.82) is 0 Å². The number of benzene rings is 1. The van der Waals surface area contributed by atoms with Crippen LogP contribution in [0, 0.1) is 0 Å². The maximum Gasteiger partial charge on any atom is 0.163 e. The predicted molar refractivity (Wildman–Crippen MR) is 89.7 cm³/mol. The lowest BCUT2D eigenvalue weighted by molar-refractivity contribution is 0.355. The number of nitrogens with zero attached hydrogens (tertiary/aromatic N) is 3. The highest BCUT2D eigenvalue weighted by molar-refractivity contribution is 5.84. The third-order valence-electron chi connectivity index (χ3n) is 3.76. The van der Waals surface area contributed by atoms with Gasteiger partial charge in [-0.1, -0.05) is 0 Å². The third-order valence-corrected chi connectivity index (χ3v) is 3.76. The van der Waals surface area contributed by atoms with E-state index in [0.717, 1.165) is 35.4 Å². The fraction of sp³-hybridized carbons (Fsp3) is 0.294. The first-order valence-electron chi connectivity index (χ1n) is 7.51. The van der Waals surface area contributed by atoms with Gasteiger partial charge in [0.2, 0.25) is 0 Å². The zero-order valence-electron chi connectivity index (χ0n) is 13.3. The molecule has 120 valence electrons. The van der Waals surface area contributed by atoms with Crippen molar-refractivity contribution in [2.24, 2.45) is 5.73 Å². The molecule has 0 unspecified atom stereocenters. The van der Waals surface area contributed by atoms with Crippen LogP contribution < -0.4 is 15.2 Å². The molecule has 6 nitrogen and oxygen atoms in total. The summed E-state index contributed by atoms with van der Waals surface area (Å²) in [5.41, 5.74) is 8.51. The second kappa shape index (κ2) is 6.66. The third kappa shape index (κ3) is 2.85. The number of aryl methyl sites for hydroxylation is 1. The molecule has 0 saturated heterocycles. The predicted octanol–water partition coefficient (Wildman–Crippen LogP) is 2.46. The number of pyridine rings is 1. The molecule has 0 aliphatic heterocycles. The van der Waals surface area contributed by atoms with Gasteiger partial charge in [-0.25, -0.2) is 4.98 Å². The molecule has 2 aromatic heterocycles. The van der Waals surface area contributed by atoms with Gasteiger partial charge in [0, 0.05) is 36.6 Å². The summed E-state index contributed by atoms with van der Waals surface area (Å²) in [6.07, 6.45) is 4.43. The molecule has 3 rings (SSSR count). The van der Waals surface area contributed by atoms with Crippen molar-refractivity contribution in [2.75, 3.05) is 20.8 Å². The molecule has 0 atom stereocenters. The van der Waals surface area contributed by atoms with Gasteiger partial charge >= 0.3 is 0 Å². The lowest BCUT2D eigenvalue weighted by atomic mass is 10.2. The van der Waals surface area contributed by atoms with Gasteiger partial charge in [0.1, 0.15) is 5.82 Å². The first kappa shape index (κ1) is 15.3. The summed E-state index contributed by atoms with van der Waals surface area (Å²) in [5.74, 6) is 2.23. The molecule has 6 heteroatoms. The summed E-state index contributed by atoms with van der Waals surface area (Å²) in [6.45, 7) is 1.41. The quantitative estimate of drug-likeness (QED) is 0.757. The van der Waals surface area contributed by atoms with Crippen LogP contribution >= 0.6 is 0 Å². The molecule has 0 aliphatic carbocycles. The highest BCUT2D eigenvalue weighted by Crippen LogP contribution is 2.34. The number of imidazole rings is 1. The van der Waals surface area contributed by atoms with Gasteiger partial charge < -0.3 is 19.8 Å². The highest BCUT2D eigenvalue weighted by Gasteiger charge is 2.16. The monoisotopic (exact) mass is 312 g/mol. The number of ether oxygens (including phenoxy) is 2. The average molecular weight is 312 g/mol. The number of fused-ring (bicyclic) bond motifs is 1. The Bertz CT molecular complexity index is 799. The Balaban J connectivity index is 2.22. The maximum absolute atomic E-state index is 5.69. The van der Waals surface area contributed by atoms with Crippen LogP contribution in [0.2, 0.25) is 0 Å². The van der Waals surface area contributed by atoms with E-state index in [1.165, 1.54) is 0 Å². The molecule has 0 bridgehead atoms. The second-order valence-corrected chi connectivity index (χ2v) is 5.17. The summed E-state index contributed by atoms with van der Waals surface area (Å²) < 4.78 is 12.9. The van der Waals surface area contributed by atoms with Gasteiger partial charge in [-0.2, -0.15) is 0 Å². The summed E-state index contributed by atoms with van der Waals surface area (Å²) in [6, 6.07) is 7.76. The van der Waals surface area contributed by atoms with Gasteiger partial charge in [0.25, 0.3) is 0 Å². The smallest absolute Gasteiger partial charge is 0.163 e. The van der Waals surface area contributed by atoms with Gasteiger partial charge in [-0.15, -0.1) is 0 Å². The zero-order valence-corrected chi connectivity index (χ0v) is 13.3. The van der Waals surface area contributed by atoms with Crippen molar-refractivity contribution in [3.05, 3.63) is 36.7 Å². The van der Waals surface area contributed by atoms with Crippen molar-refractivity contribution in [1.82, 2.24) is 14.5 Å². The van der Waals surface area contributed by atoms with E-state index >= 15 is 0 Å². The first-order valence-corrected chi connectivity index (χ1v) is 7.51. The lowest BCUT2D eigenvalue weighted by Gasteiger charge is -2.10. The van der Waals surface area contributed by atoms with Gasteiger partial charge in [-0.3, -0.25) is 4.98 Å². The molecule has 0 fully saturated rings. The lowest BCUT2D eigenvalue weighted by Crippen LogP contribution is -2.07. The molecule has 2 heterocycles. The Morgan fingerprint density at radius 3 is 2.61 bits per heavy atom. The van der Waals surface area contributed by atoms with Crippen LogP contribution in [0.1, 0.15) is 6.42 Å². The first-order chi connectivity index (χ1) is 11.3. The Kier molecular flexibility index (Phi) is 4.43. The van der Waals surface area contributed by atoms with E-state index in [2.05, 4.69) is 9.55 Å². The minimum Gasteiger partial charge on any atom is -0.493 e. The number of hydrogen-bond donors (Lipinski definition) is 1. The number of nitrogens with two attached hydrogens (primary N) is 1. The van der Waals surface area contributed by atoms with E-state index in [9.17, 15) is 0 Å². The topological polar surface area (TPSA) is 75.2 Å². The molecular weight excluding hydrogens is 292 g/mol. The van der Waals surface area contributed by atoms with E-state index in [1.54, 1.807) is 20.4 Å². The van der Waals surface area contributed by atoms with Crippen molar-refractivity contribution in [3.63, 3.8) is 0 Å². The average Bonchev–Trinajstić information content (AvgIpc) is 2.96. The molecule has 1 aromatic carbocycles. The van der Waals surface area contributed by atoms with E-state index in [1.807, 2.05) is 30.5 Å². The number of aromatic nitrogens is 3. The molecule has 0 spiro atoms. The standard InChI is InChI=1S/C17H20N4O2/c1-22-15-9-13-14(10-16(15)23-2)21(8-4-6-18)17(20-13)12-5-3-7-19-11-12/h3,5,7,9-11H,4,6,8,18H2,1-2H3. The van der Waals surface area contributed by atoms with Crippen LogP contribution in [-0.2, 0) is 6.54 Å². The number of methoxy groups -OCH3 is 2. The molecule has 0 aliphatic rings. The van der Waals surface area contributed by atoms with Crippen molar-refractivity contribution < 1.29 is 9.47 Å². The van der Waals surface area contributed by atoms with E-state index in [-0.39, 0.29) is 0 Å². The molecule has 0 radical (unpaired) electrons. The van der Waals surface area contributed by atoms with Gasteiger partial charge in [0.15, 0.2) is 11.5 Å². The molecule has 0 amide bonds. The van der Waals surface area contributed by atoms with Gasteiger partial charge in [-0.05, 0) is 25.1 Å². The van der Waals surface area contributed by atoms with Crippen LogP contribution in [0.25, 0.3) is 22.4 Å². The molecular formula is C17H20N4O2. The van der Waals surface area contributed by atoms with E-state index < -0.39 is 0 Å². The summed E-state index contributed by atoms with van der Waals surface area (Å²) in [5, 5.41) is 0.